The summed E-state index contributed by atoms with van der Waals surface area (Å²) in [5, 5.41) is 0. The number of methoxy groups -OCH3 is 2. The first-order chi connectivity index (χ1) is 18.0. The molecule has 1 aliphatic rings. The van der Waals surface area contributed by atoms with Gasteiger partial charge in [0, 0.05) is 29.9 Å². The average Bonchev–Trinajstić information content (AvgIpc) is 3.11. The minimum atomic E-state index is -0.297. The van der Waals surface area contributed by atoms with E-state index in [1.165, 1.54) is 7.11 Å². The van der Waals surface area contributed by atoms with Crippen molar-refractivity contribution in [1.82, 2.24) is 0 Å². The lowest BCUT2D eigenvalue weighted by Crippen LogP contribution is -2.24. The second-order valence-electron chi connectivity index (χ2n) is 9.00. The number of carbonyl (C=O) groups is 1. The number of nitrogens with zero attached hydrogens (tertiary/aromatic N) is 1. The van der Waals surface area contributed by atoms with Crippen LogP contribution >= 0.6 is 0 Å². The molecular weight excluding hydrogens is 466 g/mol. The molecule has 0 N–H and O–H groups in total. The Balaban J connectivity index is 1.63. The van der Waals surface area contributed by atoms with Crippen LogP contribution in [0.1, 0.15) is 37.8 Å². The largest absolute Gasteiger partial charge is 0.496 e. The molecule has 1 aliphatic heterocycles. The Labute approximate surface area is 219 Å². The van der Waals surface area contributed by atoms with Crippen LogP contribution in [0.25, 0.3) is 17.2 Å². The van der Waals surface area contributed by atoms with Crippen molar-refractivity contribution in [2.75, 3.05) is 32.3 Å². The third kappa shape index (κ3) is 6.52. The predicted molar refractivity (Wildman–Crippen MR) is 147 cm³/mol. The maximum absolute atomic E-state index is 12.5. The van der Waals surface area contributed by atoms with E-state index in [-0.39, 0.29) is 12.3 Å². The smallest absolute Gasteiger partial charge is 0.333 e. The fourth-order valence-corrected chi connectivity index (χ4v) is 4.50. The number of hydrogen-bond donors (Lipinski definition) is 0. The second-order valence-corrected chi connectivity index (χ2v) is 9.00. The van der Waals surface area contributed by atoms with E-state index < -0.39 is 0 Å². The molecule has 1 heterocycles. The maximum Gasteiger partial charge on any atom is 0.333 e. The minimum Gasteiger partial charge on any atom is -0.496 e. The van der Waals surface area contributed by atoms with Crippen molar-refractivity contribution in [3.05, 3.63) is 83.4 Å². The Hall–Kier alpha value is -3.77. The Morgan fingerprint density at radius 1 is 1.00 bits per heavy atom. The van der Waals surface area contributed by atoms with E-state index in [0.717, 1.165) is 45.9 Å². The highest BCUT2D eigenvalue weighted by Crippen LogP contribution is 2.35. The number of anilines is 1. The number of para-hydroxylation sites is 1. The molecule has 0 amide bonds. The molecule has 37 heavy (non-hydrogen) atoms. The van der Waals surface area contributed by atoms with Crippen molar-refractivity contribution in [2.45, 2.75) is 39.5 Å². The molecule has 3 aromatic carbocycles. The molecule has 1 atom stereocenters. The number of carbonyl (C=O) groups excluding carboxylic acids is 1. The summed E-state index contributed by atoms with van der Waals surface area (Å²) < 4.78 is 22.1. The standard InChI is InChI=1S/C31H35NO5/c1-5-18-36-22(2)37-28-13-10-23(11-14-28)24-12-15-29-27(19-24)20-25(31(33)35-4)16-17-32(29)21-26-8-6-7-9-30(26)34-3/h6-15,19-20,22H,5,16-18,21H2,1-4H3. The van der Waals surface area contributed by atoms with Crippen molar-refractivity contribution in [3.8, 4) is 22.6 Å². The van der Waals surface area contributed by atoms with E-state index >= 15 is 0 Å². The molecule has 0 saturated heterocycles. The first-order valence-electron chi connectivity index (χ1n) is 12.7. The summed E-state index contributed by atoms with van der Waals surface area (Å²) in [4.78, 5) is 14.8. The first kappa shape index (κ1) is 26.3. The van der Waals surface area contributed by atoms with Gasteiger partial charge in [0.25, 0.3) is 0 Å². The van der Waals surface area contributed by atoms with Crippen LogP contribution in [0.15, 0.2) is 72.3 Å². The summed E-state index contributed by atoms with van der Waals surface area (Å²) in [7, 11) is 3.11. The topological polar surface area (TPSA) is 57.2 Å². The SMILES string of the molecule is CCCOC(C)Oc1ccc(-c2ccc3c(c2)C=C(C(=O)OC)CCN3Cc2ccccc2OC)cc1. The average molecular weight is 502 g/mol. The van der Waals surface area contributed by atoms with Crippen LogP contribution in [0.4, 0.5) is 5.69 Å². The second kappa shape index (κ2) is 12.5. The fraction of sp³-hybridized carbons (Fsp3) is 0.323. The predicted octanol–water partition coefficient (Wildman–Crippen LogP) is 6.48. The van der Waals surface area contributed by atoms with E-state index in [2.05, 4.69) is 36.1 Å². The number of ether oxygens (including phenoxy) is 4. The third-order valence-corrected chi connectivity index (χ3v) is 6.40. The Kier molecular flexibility index (Phi) is 8.86. The van der Waals surface area contributed by atoms with Crippen LogP contribution in [-0.2, 0) is 20.8 Å². The molecule has 6 nitrogen and oxygen atoms in total. The number of benzene rings is 3. The highest BCUT2D eigenvalue weighted by atomic mass is 16.7. The van der Waals surface area contributed by atoms with E-state index in [9.17, 15) is 4.79 Å². The van der Waals surface area contributed by atoms with Gasteiger partial charge in [-0.3, -0.25) is 0 Å². The van der Waals surface area contributed by atoms with Gasteiger partial charge in [-0.05, 0) is 72.9 Å². The van der Waals surface area contributed by atoms with E-state index in [1.54, 1.807) is 7.11 Å². The van der Waals surface area contributed by atoms with Crippen LogP contribution in [0, 0.1) is 0 Å². The molecular formula is C31H35NO5. The van der Waals surface area contributed by atoms with Crippen LogP contribution in [0.5, 0.6) is 11.5 Å². The molecule has 0 fully saturated rings. The Bertz CT molecular complexity index is 1230. The van der Waals surface area contributed by atoms with Crippen LogP contribution in [0.2, 0.25) is 0 Å². The van der Waals surface area contributed by atoms with Gasteiger partial charge in [0.2, 0.25) is 0 Å². The molecule has 0 saturated carbocycles. The van der Waals surface area contributed by atoms with E-state index in [0.29, 0.717) is 31.7 Å². The Morgan fingerprint density at radius 3 is 2.49 bits per heavy atom. The van der Waals surface area contributed by atoms with E-state index in [1.807, 2.05) is 55.5 Å². The van der Waals surface area contributed by atoms with Gasteiger partial charge >= 0.3 is 5.97 Å². The van der Waals surface area contributed by atoms with Crippen molar-refractivity contribution < 1.29 is 23.7 Å². The molecule has 4 rings (SSSR count). The number of hydrogen-bond acceptors (Lipinski definition) is 6. The highest BCUT2D eigenvalue weighted by molar-refractivity contribution is 5.96. The quantitative estimate of drug-likeness (QED) is 0.234. The highest BCUT2D eigenvalue weighted by Gasteiger charge is 2.21. The number of rotatable bonds is 10. The zero-order valence-electron chi connectivity index (χ0n) is 22.0. The van der Waals surface area contributed by atoms with Gasteiger partial charge < -0.3 is 23.8 Å². The molecule has 194 valence electrons. The van der Waals surface area contributed by atoms with Crippen molar-refractivity contribution >= 4 is 17.7 Å². The van der Waals surface area contributed by atoms with Gasteiger partial charge in [-0.2, -0.15) is 0 Å². The molecule has 0 radical (unpaired) electrons. The van der Waals surface area contributed by atoms with Gasteiger partial charge in [-0.15, -0.1) is 0 Å². The molecule has 0 spiro atoms. The fourth-order valence-electron chi connectivity index (χ4n) is 4.50. The lowest BCUT2D eigenvalue weighted by Gasteiger charge is -2.26. The van der Waals surface area contributed by atoms with Gasteiger partial charge in [-0.25, -0.2) is 4.79 Å². The van der Waals surface area contributed by atoms with Gasteiger partial charge in [0.15, 0.2) is 6.29 Å². The molecule has 6 heteroatoms. The Morgan fingerprint density at radius 2 is 1.76 bits per heavy atom. The lowest BCUT2D eigenvalue weighted by molar-refractivity contribution is -0.136. The number of fused-ring (bicyclic) bond motifs is 1. The third-order valence-electron chi connectivity index (χ3n) is 6.40. The van der Waals surface area contributed by atoms with Crippen molar-refractivity contribution in [3.63, 3.8) is 0 Å². The normalized spacial score (nSPS) is 13.7. The molecule has 0 aromatic heterocycles. The maximum atomic E-state index is 12.5. The van der Waals surface area contributed by atoms with Crippen LogP contribution in [-0.4, -0.2) is 39.6 Å². The lowest BCUT2D eigenvalue weighted by atomic mass is 10.00. The van der Waals surface area contributed by atoms with Crippen molar-refractivity contribution in [2.24, 2.45) is 0 Å². The van der Waals surface area contributed by atoms with Crippen LogP contribution in [0.3, 0.4) is 0 Å². The molecule has 0 aliphatic carbocycles. The van der Waals surface area contributed by atoms with Gasteiger partial charge in [0.1, 0.15) is 11.5 Å². The summed E-state index contributed by atoms with van der Waals surface area (Å²) in [6, 6.07) is 22.4. The van der Waals surface area contributed by atoms with Gasteiger partial charge in [-0.1, -0.05) is 43.3 Å². The molecule has 0 bridgehead atoms. The summed E-state index contributed by atoms with van der Waals surface area (Å²) in [6.45, 7) is 6.00. The summed E-state index contributed by atoms with van der Waals surface area (Å²) in [5.41, 5.74) is 5.91. The zero-order chi connectivity index (χ0) is 26.2. The van der Waals surface area contributed by atoms with E-state index in [4.69, 9.17) is 18.9 Å². The molecule has 1 unspecified atom stereocenters. The number of esters is 1. The minimum absolute atomic E-state index is 0.295. The summed E-state index contributed by atoms with van der Waals surface area (Å²) >= 11 is 0. The van der Waals surface area contributed by atoms with Crippen LogP contribution < -0.4 is 14.4 Å². The summed E-state index contributed by atoms with van der Waals surface area (Å²) in [5.74, 6) is 1.32. The monoisotopic (exact) mass is 501 g/mol. The van der Waals surface area contributed by atoms with Crippen molar-refractivity contribution in [1.29, 1.82) is 0 Å². The summed E-state index contributed by atoms with van der Waals surface area (Å²) in [6.07, 6.45) is 3.20. The first-order valence-corrected chi connectivity index (χ1v) is 12.7. The van der Waals surface area contributed by atoms with Gasteiger partial charge in [0.05, 0.1) is 20.8 Å². The zero-order valence-corrected chi connectivity index (χ0v) is 22.0. The molecule has 3 aromatic rings.